The van der Waals surface area contributed by atoms with E-state index >= 15 is 0 Å². The topological polar surface area (TPSA) is 24.5 Å². The van der Waals surface area contributed by atoms with E-state index in [1.807, 2.05) is 24.3 Å². The summed E-state index contributed by atoms with van der Waals surface area (Å²) in [5.74, 6) is 0. The van der Waals surface area contributed by atoms with Crippen LogP contribution in [0.25, 0.3) is 0 Å². The zero-order valence-electron chi connectivity index (χ0n) is 9.87. The van der Waals surface area contributed by atoms with E-state index in [1.54, 1.807) is 7.11 Å². The Morgan fingerprint density at radius 3 is 2.88 bits per heavy atom. The zero-order valence-corrected chi connectivity index (χ0v) is 10.6. The van der Waals surface area contributed by atoms with Crippen molar-refractivity contribution in [3.8, 4) is 0 Å². The molecule has 0 fully saturated rings. The molecule has 0 aliphatic rings. The van der Waals surface area contributed by atoms with Crippen LogP contribution in [0.5, 0.6) is 0 Å². The van der Waals surface area contributed by atoms with Gasteiger partial charge < -0.3 is 15.0 Å². The van der Waals surface area contributed by atoms with E-state index in [1.165, 1.54) is 0 Å². The molecular weight excluding hydrogens is 224 g/mol. The van der Waals surface area contributed by atoms with Crippen LogP contribution in [0, 0.1) is 0 Å². The highest BCUT2D eigenvalue weighted by Crippen LogP contribution is 2.14. The molecule has 0 aliphatic carbocycles. The van der Waals surface area contributed by atoms with Gasteiger partial charge in [0.25, 0.3) is 0 Å². The second-order valence-corrected chi connectivity index (χ2v) is 4.17. The van der Waals surface area contributed by atoms with Gasteiger partial charge in [0.2, 0.25) is 0 Å². The monoisotopic (exact) mass is 242 g/mol. The van der Waals surface area contributed by atoms with E-state index in [2.05, 4.69) is 17.3 Å². The molecule has 1 N–H and O–H groups in total. The van der Waals surface area contributed by atoms with Crippen molar-refractivity contribution >= 4 is 17.3 Å². The lowest BCUT2D eigenvalue weighted by Crippen LogP contribution is -2.28. The quantitative estimate of drug-likeness (QED) is 0.794. The third kappa shape index (κ3) is 5.35. The number of benzene rings is 1. The summed E-state index contributed by atoms with van der Waals surface area (Å²) >= 11 is 5.89. The van der Waals surface area contributed by atoms with Gasteiger partial charge in [-0.2, -0.15) is 0 Å². The third-order valence-electron chi connectivity index (χ3n) is 2.32. The van der Waals surface area contributed by atoms with E-state index in [4.69, 9.17) is 16.3 Å². The van der Waals surface area contributed by atoms with Crippen LogP contribution in [-0.4, -0.2) is 45.3 Å². The summed E-state index contributed by atoms with van der Waals surface area (Å²) in [6, 6.07) is 7.76. The summed E-state index contributed by atoms with van der Waals surface area (Å²) in [6.07, 6.45) is 0. The summed E-state index contributed by atoms with van der Waals surface area (Å²) in [4.78, 5) is 2.22. The Morgan fingerprint density at radius 1 is 1.38 bits per heavy atom. The van der Waals surface area contributed by atoms with Crippen molar-refractivity contribution in [2.45, 2.75) is 0 Å². The van der Waals surface area contributed by atoms with Crippen LogP contribution in [-0.2, 0) is 4.74 Å². The fourth-order valence-electron chi connectivity index (χ4n) is 1.35. The van der Waals surface area contributed by atoms with Crippen LogP contribution in [0.3, 0.4) is 0 Å². The van der Waals surface area contributed by atoms with Crippen LogP contribution >= 0.6 is 11.6 Å². The minimum Gasteiger partial charge on any atom is -0.384 e. The van der Waals surface area contributed by atoms with E-state index < -0.39 is 0 Å². The van der Waals surface area contributed by atoms with E-state index in [-0.39, 0.29) is 0 Å². The number of hydrogen-bond acceptors (Lipinski definition) is 3. The molecule has 0 unspecified atom stereocenters. The molecule has 0 radical (unpaired) electrons. The van der Waals surface area contributed by atoms with Gasteiger partial charge in [-0.3, -0.25) is 0 Å². The standard InChI is InChI=1S/C12H19ClN2O/c1-15(8-9-16-2)7-6-14-12-5-3-4-11(13)10-12/h3-5,10,14H,6-9H2,1-2H3. The maximum Gasteiger partial charge on any atom is 0.0589 e. The van der Waals surface area contributed by atoms with Crippen molar-refractivity contribution in [2.75, 3.05) is 45.7 Å². The van der Waals surface area contributed by atoms with Crippen molar-refractivity contribution in [3.05, 3.63) is 29.3 Å². The molecule has 0 spiro atoms. The number of anilines is 1. The molecule has 0 atom stereocenters. The molecule has 1 rings (SSSR count). The third-order valence-corrected chi connectivity index (χ3v) is 2.56. The molecule has 1 aromatic carbocycles. The van der Waals surface area contributed by atoms with Gasteiger partial charge in [0, 0.05) is 37.5 Å². The maximum atomic E-state index is 5.89. The molecule has 1 aromatic rings. The van der Waals surface area contributed by atoms with Gasteiger partial charge in [0.05, 0.1) is 6.61 Å². The summed E-state index contributed by atoms with van der Waals surface area (Å²) in [5, 5.41) is 4.09. The van der Waals surface area contributed by atoms with Gasteiger partial charge in [-0.25, -0.2) is 0 Å². The van der Waals surface area contributed by atoms with Gasteiger partial charge in [-0.15, -0.1) is 0 Å². The molecule has 16 heavy (non-hydrogen) atoms. The largest absolute Gasteiger partial charge is 0.384 e. The zero-order chi connectivity index (χ0) is 11.8. The Labute approximate surface area is 102 Å². The second-order valence-electron chi connectivity index (χ2n) is 3.73. The number of likely N-dealkylation sites (N-methyl/N-ethyl adjacent to an activating group) is 1. The first-order valence-corrected chi connectivity index (χ1v) is 5.77. The second kappa shape index (κ2) is 7.49. The van der Waals surface area contributed by atoms with Crippen LogP contribution in [0.4, 0.5) is 5.69 Å². The van der Waals surface area contributed by atoms with Crippen LogP contribution in [0.15, 0.2) is 24.3 Å². The minimum absolute atomic E-state index is 0.762. The SMILES string of the molecule is COCCN(C)CCNc1cccc(Cl)c1. The Bertz CT molecular complexity index is 307. The van der Waals surface area contributed by atoms with Gasteiger partial charge in [-0.1, -0.05) is 17.7 Å². The van der Waals surface area contributed by atoms with E-state index in [9.17, 15) is 0 Å². The molecule has 0 bridgehead atoms. The molecule has 0 aromatic heterocycles. The smallest absolute Gasteiger partial charge is 0.0589 e. The van der Waals surface area contributed by atoms with Crippen molar-refractivity contribution in [1.29, 1.82) is 0 Å². The molecule has 0 saturated carbocycles. The molecule has 0 aliphatic heterocycles. The Hall–Kier alpha value is -0.770. The van der Waals surface area contributed by atoms with Crippen LogP contribution in [0.1, 0.15) is 0 Å². The number of halogens is 1. The summed E-state index contributed by atoms with van der Waals surface area (Å²) < 4.78 is 5.01. The number of nitrogens with zero attached hydrogens (tertiary/aromatic N) is 1. The van der Waals surface area contributed by atoms with Crippen molar-refractivity contribution in [2.24, 2.45) is 0 Å². The molecule has 90 valence electrons. The lowest BCUT2D eigenvalue weighted by atomic mass is 10.3. The highest BCUT2D eigenvalue weighted by molar-refractivity contribution is 6.30. The first-order chi connectivity index (χ1) is 7.72. The molecule has 0 heterocycles. The maximum absolute atomic E-state index is 5.89. The number of nitrogens with one attached hydrogen (secondary N) is 1. The predicted molar refractivity (Wildman–Crippen MR) is 69.3 cm³/mol. The van der Waals surface area contributed by atoms with Crippen LogP contribution in [0.2, 0.25) is 5.02 Å². The predicted octanol–water partition coefficient (Wildman–Crippen LogP) is 2.33. The van der Waals surface area contributed by atoms with Gasteiger partial charge >= 0.3 is 0 Å². The van der Waals surface area contributed by atoms with Gasteiger partial charge in [0.1, 0.15) is 0 Å². The fourth-order valence-corrected chi connectivity index (χ4v) is 1.54. The van der Waals surface area contributed by atoms with Crippen molar-refractivity contribution in [3.63, 3.8) is 0 Å². The van der Waals surface area contributed by atoms with Crippen molar-refractivity contribution < 1.29 is 4.74 Å². The molecule has 0 saturated heterocycles. The molecule has 0 amide bonds. The number of ether oxygens (including phenoxy) is 1. The first kappa shape index (κ1) is 13.3. The fraction of sp³-hybridized carbons (Fsp3) is 0.500. The summed E-state index contributed by atoms with van der Waals surface area (Å²) in [7, 11) is 3.80. The number of rotatable bonds is 7. The van der Waals surface area contributed by atoms with Crippen molar-refractivity contribution in [1.82, 2.24) is 4.90 Å². The highest BCUT2D eigenvalue weighted by atomic mass is 35.5. The minimum atomic E-state index is 0.762. The highest BCUT2D eigenvalue weighted by Gasteiger charge is 1.97. The van der Waals surface area contributed by atoms with Gasteiger partial charge in [-0.05, 0) is 25.2 Å². The normalized spacial score (nSPS) is 10.8. The molecule has 3 nitrogen and oxygen atoms in total. The summed E-state index contributed by atoms with van der Waals surface area (Å²) in [5.41, 5.74) is 1.06. The Kier molecular flexibility index (Phi) is 6.23. The molecule has 4 heteroatoms. The molecular formula is C12H19ClN2O. The Morgan fingerprint density at radius 2 is 2.19 bits per heavy atom. The van der Waals surface area contributed by atoms with Gasteiger partial charge in [0.15, 0.2) is 0 Å². The average molecular weight is 243 g/mol. The number of hydrogen-bond donors (Lipinski definition) is 1. The Balaban J connectivity index is 2.20. The summed E-state index contributed by atoms with van der Waals surface area (Å²) in [6.45, 7) is 3.61. The number of methoxy groups -OCH3 is 1. The van der Waals surface area contributed by atoms with Crippen LogP contribution < -0.4 is 5.32 Å². The lowest BCUT2D eigenvalue weighted by Gasteiger charge is -2.16. The van der Waals surface area contributed by atoms with E-state index in [0.29, 0.717) is 0 Å². The van der Waals surface area contributed by atoms with E-state index in [0.717, 1.165) is 37.0 Å². The average Bonchev–Trinajstić information content (AvgIpc) is 2.26. The first-order valence-electron chi connectivity index (χ1n) is 5.39. The lowest BCUT2D eigenvalue weighted by molar-refractivity contribution is 0.163.